The summed E-state index contributed by atoms with van der Waals surface area (Å²) in [7, 11) is 1.64. The Morgan fingerprint density at radius 1 is 1.11 bits per heavy atom. The molecule has 0 radical (unpaired) electrons. The number of hydrogen-bond donors (Lipinski definition) is 0. The summed E-state index contributed by atoms with van der Waals surface area (Å²) < 4.78 is 6.42. The molecule has 1 atom stereocenters. The van der Waals surface area contributed by atoms with E-state index in [1.807, 2.05) is 47.4 Å². The number of para-hydroxylation sites is 1. The summed E-state index contributed by atoms with van der Waals surface area (Å²) >= 11 is 1.68. The highest BCUT2D eigenvalue weighted by Gasteiger charge is 2.33. The minimum absolute atomic E-state index is 0.0262. The second-order valence-corrected chi connectivity index (χ2v) is 7.99. The van der Waals surface area contributed by atoms with Crippen LogP contribution in [0.1, 0.15) is 34.4 Å². The molecule has 1 amide bonds. The molecule has 2 aromatic heterocycles. The standard InChI is InChI=1S/C22H19N3O2S/c1-27-15-9-11-16-14(13-15)8-10-18(23-16)22(26)25-12-4-6-19(25)21-24-17-5-2-3-7-20(17)28-21/h2-3,5,7-11,13,19H,4,6,12H2,1H3. The van der Waals surface area contributed by atoms with Crippen LogP contribution in [-0.2, 0) is 0 Å². The van der Waals surface area contributed by atoms with E-state index in [2.05, 4.69) is 11.1 Å². The molecular weight excluding hydrogens is 370 g/mol. The molecule has 2 aromatic carbocycles. The quantitative estimate of drug-likeness (QED) is 0.504. The molecule has 0 aliphatic carbocycles. The Hall–Kier alpha value is -2.99. The van der Waals surface area contributed by atoms with Crippen LogP contribution in [-0.4, -0.2) is 34.4 Å². The van der Waals surface area contributed by atoms with Crippen LogP contribution in [0.5, 0.6) is 5.75 Å². The molecule has 1 aliphatic heterocycles. The molecular formula is C22H19N3O2S. The maximum absolute atomic E-state index is 13.2. The summed E-state index contributed by atoms with van der Waals surface area (Å²) in [6.45, 7) is 0.738. The maximum atomic E-state index is 13.2. The molecule has 5 nitrogen and oxygen atoms in total. The van der Waals surface area contributed by atoms with Gasteiger partial charge in [-0.1, -0.05) is 18.2 Å². The van der Waals surface area contributed by atoms with Crippen LogP contribution >= 0.6 is 11.3 Å². The largest absolute Gasteiger partial charge is 0.497 e. The van der Waals surface area contributed by atoms with E-state index in [9.17, 15) is 4.79 Å². The van der Waals surface area contributed by atoms with Crippen molar-refractivity contribution in [2.24, 2.45) is 0 Å². The molecule has 0 N–H and O–H groups in total. The van der Waals surface area contributed by atoms with Gasteiger partial charge in [0.2, 0.25) is 0 Å². The number of hydrogen-bond acceptors (Lipinski definition) is 5. The first kappa shape index (κ1) is 17.1. The van der Waals surface area contributed by atoms with Crippen molar-refractivity contribution >= 4 is 38.4 Å². The summed E-state index contributed by atoms with van der Waals surface area (Å²) in [5.74, 6) is 0.753. The number of aromatic nitrogens is 2. The number of benzene rings is 2. The lowest BCUT2D eigenvalue weighted by Crippen LogP contribution is -2.31. The van der Waals surface area contributed by atoms with Crippen LogP contribution in [0.3, 0.4) is 0 Å². The fourth-order valence-corrected chi connectivity index (χ4v) is 4.91. The third-order valence-corrected chi connectivity index (χ3v) is 6.36. The van der Waals surface area contributed by atoms with E-state index in [0.29, 0.717) is 5.69 Å². The van der Waals surface area contributed by atoms with Gasteiger partial charge in [0.1, 0.15) is 16.5 Å². The number of methoxy groups -OCH3 is 1. The molecule has 0 saturated carbocycles. The van der Waals surface area contributed by atoms with E-state index in [1.54, 1.807) is 24.5 Å². The maximum Gasteiger partial charge on any atom is 0.273 e. The first-order valence-electron chi connectivity index (χ1n) is 9.34. The fourth-order valence-electron chi connectivity index (χ4n) is 3.80. The van der Waals surface area contributed by atoms with Crippen LogP contribution in [0.15, 0.2) is 54.6 Å². The normalized spacial score (nSPS) is 16.8. The number of amides is 1. The van der Waals surface area contributed by atoms with E-state index in [-0.39, 0.29) is 11.9 Å². The van der Waals surface area contributed by atoms with Crippen molar-refractivity contribution in [1.82, 2.24) is 14.9 Å². The van der Waals surface area contributed by atoms with E-state index < -0.39 is 0 Å². The number of ether oxygens (including phenoxy) is 1. The third kappa shape index (κ3) is 2.90. The minimum atomic E-state index is -0.0283. The molecule has 1 aliphatic rings. The second kappa shape index (κ2) is 6.87. The summed E-state index contributed by atoms with van der Waals surface area (Å²) in [5, 5.41) is 1.97. The van der Waals surface area contributed by atoms with Crippen LogP contribution in [0.4, 0.5) is 0 Å². The minimum Gasteiger partial charge on any atom is -0.497 e. The van der Waals surface area contributed by atoms with E-state index in [4.69, 9.17) is 9.72 Å². The summed E-state index contributed by atoms with van der Waals surface area (Å²) in [6.07, 6.45) is 1.92. The highest BCUT2D eigenvalue weighted by Crippen LogP contribution is 2.37. The lowest BCUT2D eigenvalue weighted by molar-refractivity contribution is 0.0730. The van der Waals surface area contributed by atoms with Crippen molar-refractivity contribution < 1.29 is 9.53 Å². The molecule has 1 fully saturated rings. The van der Waals surface area contributed by atoms with Crippen LogP contribution < -0.4 is 4.74 Å². The van der Waals surface area contributed by atoms with Crippen LogP contribution in [0.25, 0.3) is 21.1 Å². The van der Waals surface area contributed by atoms with Crippen molar-refractivity contribution in [3.8, 4) is 5.75 Å². The number of pyridine rings is 1. The molecule has 4 aromatic rings. The van der Waals surface area contributed by atoms with Crippen molar-refractivity contribution in [2.75, 3.05) is 13.7 Å². The zero-order chi connectivity index (χ0) is 19.1. The van der Waals surface area contributed by atoms with Crippen LogP contribution in [0, 0.1) is 0 Å². The fraction of sp³-hybridized carbons (Fsp3) is 0.227. The molecule has 140 valence electrons. The predicted octanol–water partition coefficient (Wildman–Crippen LogP) is 4.83. The van der Waals surface area contributed by atoms with Gasteiger partial charge < -0.3 is 9.64 Å². The number of thiazole rings is 1. The van der Waals surface area contributed by atoms with Gasteiger partial charge >= 0.3 is 0 Å². The zero-order valence-electron chi connectivity index (χ0n) is 15.5. The summed E-state index contributed by atoms with van der Waals surface area (Å²) in [6, 6.07) is 17.6. The number of carbonyl (C=O) groups is 1. The number of likely N-dealkylation sites (tertiary alicyclic amines) is 1. The molecule has 28 heavy (non-hydrogen) atoms. The number of rotatable bonds is 3. The Balaban J connectivity index is 1.47. The molecule has 1 saturated heterocycles. The first-order chi connectivity index (χ1) is 13.7. The Morgan fingerprint density at radius 3 is 2.86 bits per heavy atom. The molecule has 3 heterocycles. The number of fused-ring (bicyclic) bond motifs is 2. The van der Waals surface area contributed by atoms with Gasteiger partial charge in [-0.05, 0) is 49.2 Å². The Bertz CT molecular complexity index is 1150. The van der Waals surface area contributed by atoms with Gasteiger partial charge in [0.05, 0.1) is 28.9 Å². The van der Waals surface area contributed by atoms with Crippen molar-refractivity contribution in [3.63, 3.8) is 0 Å². The van der Waals surface area contributed by atoms with E-state index in [0.717, 1.165) is 51.3 Å². The van der Waals surface area contributed by atoms with Crippen molar-refractivity contribution in [3.05, 3.63) is 65.3 Å². The SMILES string of the molecule is COc1ccc2nc(C(=O)N3CCCC3c3nc4ccccc4s3)ccc2c1. The second-order valence-electron chi connectivity index (χ2n) is 6.93. The average Bonchev–Trinajstić information content (AvgIpc) is 3.39. The van der Waals surface area contributed by atoms with Gasteiger partial charge in [0.15, 0.2) is 0 Å². The molecule has 6 heteroatoms. The van der Waals surface area contributed by atoms with Gasteiger partial charge in [0, 0.05) is 11.9 Å². The van der Waals surface area contributed by atoms with Crippen molar-refractivity contribution in [1.29, 1.82) is 0 Å². The van der Waals surface area contributed by atoms with Gasteiger partial charge in [-0.15, -0.1) is 11.3 Å². The Labute approximate surface area is 166 Å². The number of nitrogens with zero attached hydrogens (tertiary/aromatic N) is 3. The van der Waals surface area contributed by atoms with Gasteiger partial charge in [-0.2, -0.15) is 0 Å². The molecule has 0 spiro atoms. The van der Waals surface area contributed by atoms with Crippen molar-refractivity contribution in [2.45, 2.75) is 18.9 Å². The van der Waals surface area contributed by atoms with Gasteiger partial charge in [0.25, 0.3) is 5.91 Å². The summed E-state index contributed by atoms with van der Waals surface area (Å²) in [5.41, 5.74) is 2.27. The average molecular weight is 389 g/mol. The summed E-state index contributed by atoms with van der Waals surface area (Å²) in [4.78, 5) is 24.5. The van der Waals surface area contributed by atoms with E-state index in [1.165, 1.54) is 0 Å². The zero-order valence-corrected chi connectivity index (χ0v) is 16.3. The van der Waals surface area contributed by atoms with Gasteiger partial charge in [-0.3, -0.25) is 4.79 Å². The van der Waals surface area contributed by atoms with Crippen LogP contribution in [0.2, 0.25) is 0 Å². The molecule has 0 bridgehead atoms. The lowest BCUT2D eigenvalue weighted by atomic mass is 10.1. The molecule has 5 rings (SSSR count). The first-order valence-corrected chi connectivity index (χ1v) is 10.2. The topological polar surface area (TPSA) is 55.3 Å². The lowest BCUT2D eigenvalue weighted by Gasteiger charge is -2.22. The highest BCUT2D eigenvalue weighted by atomic mass is 32.1. The monoisotopic (exact) mass is 389 g/mol. The Morgan fingerprint density at radius 2 is 2.00 bits per heavy atom. The van der Waals surface area contributed by atoms with Gasteiger partial charge in [-0.25, -0.2) is 9.97 Å². The highest BCUT2D eigenvalue weighted by molar-refractivity contribution is 7.18. The Kier molecular flexibility index (Phi) is 4.20. The smallest absolute Gasteiger partial charge is 0.273 e. The molecule has 1 unspecified atom stereocenters. The van der Waals surface area contributed by atoms with E-state index >= 15 is 0 Å². The third-order valence-electron chi connectivity index (χ3n) is 5.22. The predicted molar refractivity (Wildman–Crippen MR) is 111 cm³/mol. The number of carbonyl (C=O) groups excluding carboxylic acids is 1.